The van der Waals surface area contributed by atoms with Gasteiger partial charge >= 0.3 is 0 Å². The van der Waals surface area contributed by atoms with Crippen LogP contribution in [0.3, 0.4) is 0 Å². The predicted molar refractivity (Wildman–Crippen MR) is 82.6 cm³/mol. The van der Waals surface area contributed by atoms with E-state index in [0.717, 1.165) is 17.5 Å². The SMILES string of the molecule is CCN1CCC(N(C)Cc2ccccc2Cl)C(C)C1. The van der Waals surface area contributed by atoms with Gasteiger partial charge in [-0.3, -0.25) is 4.90 Å². The summed E-state index contributed by atoms with van der Waals surface area (Å²) >= 11 is 6.25. The van der Waals surface area contributed by atoms with Gasteiger partial charge in [-0.05, 0) is 44.1 Å². The van der Waals surface area contributed by atoms with Gasteiger partial charge in [-0.2, -0.15) is 0 Å². The van der Waals surface area contributed by atoms with E-state index < -0.39 is 0 Å². The van der Waals surface area contributed by atoms with Gasteiger partial charge in [-0.15, -0.1) is 0 Å². The van der Waals surface area contributed by atoms with E-state index in [4.69, 9.17) is 11.6 Å². The first kappa shape index (κ1) is 14.8. The highest BCUT2D eigenvalue weighted by Crippen LogP contribution is 2.24. The number of nitrogens with zero attached hydrogens (tertiary/aromatic N) is 2. The van der Waals surface area contributed by atoms with E-state index in [9.17, 15) is 0 Å². The van der Waals surface area contributed by atoms with Crippen molar-refractivity contribution in [3.63, 3.8) is 0 Å². The molecular weight excluding hydrogens is 256 g/mol. The fourth-order valence-corrected chi connectivity index (χ4v) is 3.37. The summed E-state index contributed by atoms with van der Waals surface area (Å²) in [5.41, 5.74) is 1.23. The van der Waals surface area contributed by atoms with Crippen LogP contribution in [-0.2, 0) is 6.54 Å². The Kier molecular flexibility index (Phi) is 5.26. The Bertz CT molecular complexity index is 407. The van der Waals surface area contributed by atoms with Crippen LogP contribution >= 0.6 is 11.6 Å². The molecule has 2 unspecified atom stereocenters. The van der Waals surface area contributed by atoms with Crippen molar-refractivity contribution in [1.82, 2.24) is 9.80 Å². The number of hydrogen-bond acceptors (Lipinski definition) is 2. The van der Waals surface area contributed by atoms with E-state index in [1.807, 2.05) is 12.1 Å². The Morgan fingerprint density at radius 1 is 1.37 bits per heavy atom. The van der Waals surface area contributed by atoms with Crippen molar-refractivity contribution in [2.24, 2.45) is 5.92 Å². The van der Waals surface area contributed by atoms with Crippen LogP contribution in [0.1, 0.15) is 25.8 Å². The number of hydrogen-bond donors (Lipinski definition) is 0. The summed E-state index contributed by atoms with van der Waals surface area (Å²) in [5.74, 6) is 0.723. The monoisotopic (exact) mass is 280 g/mol. The smallest absolute Gasteiger partial charge is 0.0451 e. The maximum atomic E-state index is 6.25. The Morgan fingerprint density at radius 2 is 2.11 bits per heavy atom. The molecule has 0 saturated carbocycles. The summed E-state index contributed by atoms with van der Waals surface area (Å²) in [5, 5.41) is 0.882. The van der Waals surface area contributed by atoms with E-state index in [0.29, 0.717) is 6.04 Å². The van der Waals surface area contributed by atoms with Crippen molar-refractivity contribution < 1.29 is 0 Å². The van der Waals surface area contributed by atoms with Crippen molar-refractivity contribution >= 4 is 11.6 Å². The average molecular weight is 281 g/mol. The summed E-state index contributed by atoms with van der Waals surface area (Å²) in [6.45, 7) is 9.18. The zero-order chi connectivity index (χ0) is 13.8. The number of halogens is 1. The molecule has 19 heavy (non-hydrogen) atoms. The van der Waals surface area contributed by atoms with Crippen molar-refractivity contribution in [2.45, 2.75) is 32.9 Å². The van der Waals surface area contributed by atoms with E-state index in [-0.39, 0.29) is 0 Å². The highest BCUT2D eigenvalue weighted by molar-refractivity contribution is 6.31. The third-order valence-electron chi connectivity index (χ3n) is 4.34. The summed E-state index contributed by atoms with van der Waals surface area (Å²) in [7, 11) is 2.23. The Morgan fingerprint density at radius 3 is 2.74 bits per heavy atom. The fourth-order valence-electron chi connectivity index (χ4n) is 3.17. The first-order valence-corrected chi connectivity index (χ1v) is 7.65. The highest BCUT2D eigenvalue weighted by Gasteiger charge is 2.28. The standard InChI is InChI=1S/C16H25ClN2/c1-4-19-10-9-16(13(2)11-19)18(3)12-14-7-5-6-8-15(14)17/h5-8,13,16H,4,9-12H2,1-3H3. The lowest BCUT2D eigenvalue weighted by molar-refractivity contribution is 0.0787. The predicted octanol–water partition coefficient (Wildman–Crippen LogP) is 3.50. The second-order valence-corrected chi connectivity index (χ2v) is 6.14. The summed E-state index contributed by atoms with van der Waals surface area (Å²) in [6.07, 6.45) is 1.26. The van der Waals surface area contributed by atoms with E-state index in [1.165, 1.54) is 31.6 Å². The van der Waals surface area contributed by atoms with E-state index in [2.05, 4.69) is 42.8 Å². The first-order valence-electron chi connectivity index (χ1n) is 7.27. The lowest BCUT2D eigenvalue weighted by Crippen LogP contribution is -2.48. The molecule has 1 aliphatic rings. The van der Waals surface area contributed by atoms with Crippen molar-refractivity contribution in [1.29, 1.82) is 0 Å². The topological polar surface area (TPSA) is 6.48 Å². The maximum absolute atomic E-state index is 6.25. The van der Waals surface area contributed by atoms with E-state index in [1.54, 1.807) is 0 Å². The van der Waals surface area contributed by atoms with Gasteiger partial charge in [0.1, 0.15) is 0 Å². The average Bonchev–Trinajstić information content (AvgIpc) is 2.41. The third-order valence-corrected chi connectivity index (χ3v) is 4.70. The molecule has 0 bridgehead atoms. The number of likely N-dealkylation sites (tertiary alicyclic amines) is 1. The third kappa shape index (κ3) is 3.71. The Hall–Kier alpha value is -0.570. The zero-order valence-corrected chi connectivity index (χ0v) is 13.0. The van der Waals surface area contributed by atoms with Gasteiger partial charge in [0.2, 0.25) is 0 Å². The molecule has 0 amide bonds. The second-order valence-electron chi connectivity index (χ2n) is 5.73. The number of benzene rings is 1. The van der Waals surface area contributed by atoms with Gasteiger partial charge in [0.05, 0.1) is 0 Å². The van der Waals surface area contributed by atoms with Crippen LogP contribution in [0.15, 0.2) is 24.3 Å². The van der Waals surface area contributed by atoms with Crippen LogP contribution in [0, 0.1) is 5.92 Å². The molecule has 0 aromatic heterocycles. The molecule has 1 fully saturated rings. The lowest BCUT2D eigenvalue weighted by atomic mass is 9.92. The largest absolute Gasteiger partial charge is 0.303 e. The lowest BCUT2D eigenvalue weighted by Gasteiger charge is -2.41. The van der Waals surface area contributed by atoms with Crippen LogP contribution in [0.25, 0.3) is 0 Å². The van der Waals surface area contributed by atoms with Gasteiger partial charge in [-0.1, -0.05) is 43.6 Å². The number of piperidine rings is 1. The Labute approximate surface area is 122 Å². The highest BCUT2D eigenvalue weighted by atomic mass is 35.5. The molecular formula is C16H25ClN2. The summed E-state index contributed by atoms with van der Waals surface area (Å²) in [6, 6.07) is 8.84. The molecule has 1 saturated heterocycles. The van der Waals surface area contributed by atoms with Crippen LogP contribution in [-0.4, -0.2) is 42.5 Å². The summed E-state index contributed by atoms with van der Waals surface area (Å²) < 4.78 is 0. The van der Waals surface area contributed by atoms with Gasteiger partial charge in [-0.25, -0.2) is 0 Å². The molecule has 2 nitrogen and oxygen atoms in total. The molecule has 1 aliphatic heterocycles. The maximum Gasteiger partial charge on any atom is 0.0451 e. The molecule has 0 N–H and O–H groups in total. The molecule has 3 heteroatoms. The molecule has 0 aliphatic carbocycles. The molecule has 2 atom stereocenters. The molecule has 2 rings (SSSR count). The van der Waals surface area contributed by atoms with Crippen LogP contribution in [0.2, 0.25) is 5.02 Å². The van der Waals surface area contributed by atoms with Gasteiger partial charge < -0.3 is 4.90 Å². The van der Waals surface area contributed by atoms with Gasteiger partial charge in [0.25, 0.3) is 0 Å². The minimum atomic E-state index is 0.666. The van der Waals surface area contributed by atoms with Crippen molar-refractivity contribution in [2.75, 3.05) is 26.7 Å². The second kappa shape index (κ2) is 6.74. The first-order chi connectivity index (χ1) is 9.11. The number of rotatable bonds is 4. The quantitative estimate of drug-likeness (QED) is 0.833. The van der Waals surface area contributed by atoms with Crippen LogP contribution in [0.4, 0.5) is 0 Å². The molecule has 0 radical (unpaired) electrons. The van der Waals surface area contributed by atoms with Crippen LogP contribution in [0.5, 0.6) is 0 Å². The van der Waals surface area contributed by atoms with Crippen LogP contribution < -0.4 is 0 Å². The molecule has 1 aromatic carbocycles. The van der Waals surface area contributed by atoms with E-state index >= 15 is 0 Å². The minimum Gasteiger partial charge on any atom is -0.303 e. The zero-order valence-electron chi connectivity index (χ0n) is 12.3. The normalized spacial score (nSPS) is 24.9. The fraction of sp³-hybridized carbons (Fsp3) is 0.625. The molecule has 1 aromatic rings. The molecule has 0 spiro atoms. The summed E-state index contributed by atoms with van der Waals surface area (Å²) in [4.78, 5) is 5.02. The van der Waals surface area contributed by atoms with Gasteiger partial charge in [0.15, 0.2) is 0 Å². The molecule has 106 valence electrons. The van der Waals surface area contributed by atoms with Crippen molar-refractivity contribution in [3.05, 3.63) is 34.9 Å². The van der Waals surface area contributed by atoms with Crippen molar-refractivity contribution in [3.8, 4) is 0 Å². The molecule has 1 heterocycles. The Balaban J connectivity index is 1.97. The van der Waals surface area contributed by atoms with Gasteiger partial charge in [0, 0.05) is 24.2 Å². The minimum absolute atomic E-state index is 0.666.